The van der Waals surface area contributed by atoms with Crippen LogP contribution in [0.1, 0.15) is 15.9 Å². The number of ether oxygens (including phenoxy) is 1. The van der Waals surface area contributed by atoms with E-state index in [-0.39, 0.29) is 11.5 Å². The lowest BCUT2D eigenvalue weighted by atomic mass is 10.1. The third-order valence-corrected chi connectivity index (χ3v) is 4.87. The first-order valence-electron chi connectivity index (χ1n) is 7.82. The molecule has 0 saturated heterocycles. The van der Waals surface area contributed by atoms with Gasteiger partial charge in [0.05, 0.1) is 24.5 Å². The molecule has 26 heavy (non-hydrogen) atoms. The van der Waals surface area contributed by atoms with Crippen LogP contribution in [0.3, 0.4) is 0 Å². The highest BCUT2D eigenvalue weighted by atomic mass is 32.2. The largest absolute Gasteiger partial charge is 0.497 e. The number of thioether (sulfide) groups is 1. The van der Waals surface area contributed by atoms with Crippen molar-refractivity contribution in [3.8, 4) is 23.2 Å². The first kappa shape index (κ1) is 17.7. The third kappa shape index (κ3) is 3.76. The van der Waals surface area contributed by atoms with Crippen LogP contribution in [0.15, 0.2) is 53.7 Å². The maximum atomic E-state index is 12.3. The molecule has 0 amide bonds. The van der Waals surface area contributed by atoms with E-state index in [0.29, 0.717) is 16.3 Å². The van der Waals surface area contributed by atoms with Crippen molar-refractivity contribution >= 4 is 17.5 Å². The van der Waals surface area contributed by atoms with Gasteiger partial charge in [-0.1, -0.05) is 23.9 Å². The molecule has 6 nitrogen and oxygen atoms in total. The quantitative estimate of drug-likeness (QED) is 0.493. The summed E-state index contributed by atoms with van der Waals surface area (Å²) in [6, 6.07) is 16.2. The van der Waals surface area contributed by atoms with Crippen molar-refractivity contribution < 1.29 is 9.53 Å². The maximum absolute atomic E-state index is 12.3. The Labute approximate surface area is 155 Å². The number of ketones is 1. The molecule has 3 aromatic rings. The van der Waals surface area contributed by atoms with Gasteiger partial charge in [-0.2, -0.15) is 5.26 Å². The number of carbonyl (C=O) groups is 1. The topological polar surface area (TPSA) is 80.8 Å². The zero-order valence-electron chi connectivity index (χ0n) is 14.3. The summed E-state index contributed by atoms with van der Waals surface area (Å²) in [5.41, 5.74) is 2.03. The molecule has 0 aliphatic heterocycles. The minimum atomic E-state index is -0.0199. The molecule has 1 aromatic heterocycles. The summed E-state index contributed by atoms with van der Waals surface area (Å²) < 4.78 is 7.02. The van der Waals surface area contributed by atoms with Crippen LogP contribution in [-0.2, 0) is 7.05 Å². The van der Waals surface area contributed by atoms with Crippen LogP contribution < -0.4 is 4.74 Å². The number of nitrogens with zero attached hydrogens (tertiary/aromatic N) is 4. The number of hydrogen-bond donors (Lipinski definition) is 0. The number of aromatic nitrogens is 3. The molecule has 3 rings (SSSR count). The van der Waals surface area contributed by atoms with Crippen molar-refractivity contribution in [3.63, 3.8) is 0 Å². The molecule has 0 radical (unpaired) electrons. The van der Waals surface area contributed by atoms with Gasteiger partial charge in [0.2, 0.25) is 0 Å². The minimum absolute atomic E-state index is 0.0199. The highest BCUT2D eigenvalue weighted by molar-refractivity contribution is 7.99. The number of hydrogen-bond acceptors (Lipinski definition) is 6. The van der Waals surface area contributed by atoms with Gasteiger partial charge in [-0.3, -0.25) is 4.79 Å². The van der Waals surface area contributed by atoms with Crippen molar-refractivity contribution in [2.45, 2.75) is 5.16 Å². The zero-order chi connectivity index (χ0) is 18.5. The molecule has 0 saturated carbocycles. The molecule has 0 bridgehead atoms. The molecule has 1 heterocycles. The van der Waals surface area contributed by atoms with Crippen LogP contribution in [-0.4, -0.2) is 33.4 Å². The van der Waals surface area contributed by atoms with Gasteiger partial charge in [0.1, 0.15) is 5.75 Å². The first-order chi connectivity index (χ1) is 12.6. The van der Waals surface area contributed by atoms with Crippen molar-refractivity contribution in [1.82, 2.24) is 14.8 Å². The summed E-state index contributed by atoms with van der Waals surface area (Å²) in [6.45, 7) is 0. The average molecular weight is 364 g/mol. The minimum Gasteiger partial charge on any atom is -0.497 e. The fourth-order valence-electron chi connectivity index (χ4n) is 2.38. The van der Waals surface area contributed by atoms with Crippen LogP contribution in [0.25, 0.3) is 11.4 Å². The van der Waals surface area contributed by atoms with Crippen LogP contribution in [0.2, 0.25) is 0 Å². The molecule has 0 spiro atoms. The molecule has 0 aliphatic rings. The lowest BCUT2D eigenvalue weighted by Crippen LogP contribution is -2.04. The predicted octanol–water partition coefficient (Wildman–Crippen LogP) is 3.34. The zero-order valence-corrected chi connectivity index (χ0v) is 15.2. The van der Waals surface area contributed by atoms with Crippen molar-refractivity contribution in [2.75, 3.05) is 12.9 Å². The second-order valence-corrected chi connectivity index (χ2v) is 6.44. The number of Topliss-reactive ketones (excluding diaryl/α,β-unsaturated/α-hetero) is 1. The second kappa shape index (κ2) is 7.85. The Balaban J connectivity index is 1.69. The van der Waals surface area contributed by atoms with E-state index in [0.717, 1.165) is 17.1 Å². The number of carbonyl (C=O) groups excluding carboxylic acids is 1. The highest BCUT2D eigenvalue weighted by Crippen LogP contribution is 2.24. The van der Waals surface area contributed by atoms with Crippen molar-refractivity contribution in [2.24, 2.45) is 7.05 Å². The van der Waals surface area contributed by atoms with Gasteiger partial charge < -0.3 is 9.30 Å². The van der Waals surface area contributed by atoms with Gasteiger partial charge in [-0.15, -0.1) is 10.2 Å². The van der Waals surface area contributed by atoms with Gasteiger partial charge in [0.25, 0.3) is 0 Å². The summed E-state index contributed by atoms with van der Waals surface area (Å²) in [5, 5.41) is 17.9. The van der Waals surface area contributed by atoms with E-state index in [9.17, 15) is 4.79 Å². The Morgan fingerprint density at radius 2 is 1.85 bits per heavy atom. The molecule has 0 N–H and O–H groups in total. The molecular weight excluding hydrogens is 348 g/mol. The van der Waals surface area contributed by atoms with Crippen LogP contribution >= 0.6 is 11.8 Å². The van der Waals surface area contributed by atoms with Gasteiger partial charge in [-0.05, 0) is 36.4 Å². The molecule has 2 aromatic carbocycles. The standard InChI is InChI=1S/C19H16N4O2S/c1-23-18(15-7-9-16(25-2)10-8-15)21-22-19(23)26-12-17(24)14-5-3-13(11-20)4-6-14/h3-10H,12H2,1-2H3. The fourth-order valence-corrected chi connectivity index (χ4v) is 3.18. The SMILES string of the molecule is COc1ccc(-c2nnc(SCC(=O)c3ccc(C#N)cc3)n2C)cc1. The van der Waals surface area contributed by atoms with E-state index < -0.39 is 0 Å². The Bertz CT molecular complexity index is 957. The summed E-state index contributed by atoms with van der Waals surface area (Å²) >= 11 is 1.33. The second-order valence-electron chi connectivity index (χ2n) is 5.49. The van der Waals surface area contributed by atoms with E-state index in [1.807, 2.05) is 41.9 Å². The van der Waals surface area contributed by atoms with Gasteiger partial charge in [0.15, 0.2) is 16.8 Å². The van der Waals surface area contributed by atoms with E-state index in [2.05, 4.69) is 10.2 Å². The fraction of sp³-hybridized carbons (Fsp3) is 0.158. The number of benzene rings is 2. The van der Waals surface area contributed by atoms with Crippen molar-refractivity contribution in [3.05, 3.63) is 59.7 Å². The summed E-state index contributed by atoms with van der Waals surface area (Å²) in [6.07, 6.45) is 0. The Kier molecular flexibility index (Phi) is 5.34. The van der Waals surface area contributed by atoms with E-state index in [4.69, 9.17) is 10.00 Å². The molecule has 0 aliphatic carbocycles. The number of methoxy groups -OCH3 is 1. The molecule has 0 unspecified atom stereocenters. The summed E-state index contributed by atoms with van der Waals surface area (Å²) in [4.78, 5) is 12.3. The monoisotopic (exact) mass is 364 g/mol. The van der Waals surface area contributed by atoms with E-state index in [1.54, 1.807) is 31.4 Å². The molecular formula is C19H16N4O2S. The van der Waals surface area contributed by atoms with Crippen molar-refractivity contribution in [1.29, 1.82) is 5.26 Å². The Hall–Kier alpha value is -3.11. The summed E-state index contributed by atoms with van der Waals surface area (Å²) in [7, 11) is 3.49. The number of nitriles is 1. The van der Waals surface area contributed by atoms with Crippen LogP contribution in [0.5, 0.6) is 5.75 Å². The molecule has 0 atom stereocenters. The first-order valence-corrected chi connectivity index (χ1v) is 8.81. The van der Waals surface area contributed by atoms with Crippen LogP contribution in [0.4, 0.5) is 0 Å². The number of rotatable bonds is 6. The highest BCUT2D eigenvalue weighted by Gasteiger charge is 2.14. The molecule has 0 fully saturated rings. The summed E-state index contributed by atoms with van der Waals surface area (Å²) in [5.74, 6) is 1.73. The maximum Gasteiger partial charge on any atom is 0.191 e. The van der Waals surface area contributed by atoms with E-state index in [1.165, 1.54) is 11.8 Å². The van der Waals surface area contributed by atoms with E-state index >= 15 is 0 Å². The lowest BCUT2D eigenvalue weighted by Gasteiger charge is -2.05. The lowest BCUT2D eigenvalue weighted by molar-refractivity contribution is 0.102. The van der Waals surface area contributed by atoms with Gasteiger partial charge in [-0.25, -0.2) is 0 Å². The molecule has 130 valence electrons. The normalized spacial score (nSPS) is 10.3. The smallest absolute Gasteiger partial charge is 0.191 e. The molecule has 7 heteroatoms. The average Bonchev–Trinajstić information content (AvgIpc) is 3.06. The third-order valence-electron chi connectivity index (χ3n) is 3.85. The van der Waals surface area contributed by atoms with Gasteiger partial charge in [0, 0.05) is 18.2 Å². The predicted molar refractivity (Wildman–Crippen MR) is 99.2 cm³/mol. The van der Waals surface area contributed by atoms with Crippen LogP contribution in [0, 0.1) is 11.3 Å². The van der Waals surface area contributed by atoms with Gasteiger partial charge >= 0.3 is 0 Å². The Morgan fingerprint density at radius 3 is 2.46 bits per heavy atom. The Morgan fingerprint density at radius 1 is 1.15 bits per heavy atom.